The monoisotopic (exact) mass is 725 g/mol. The van der Waals surface area contributed by atoms with E-state index in [1.54, 1.807) is 0 Å². The summed E-state index contributed by atoms with van der Waals surface area (Å²) in [5, 5.41) is 72.4. The zero-order chi connectivity index (χ0) is 35.6. The molecule has 0 saturated heterocycles. The van der Waals surface area contributed by atoms with Gasteiger partial charge < -0.3 is 30.6 Å². The number of rotatable bonds is 11. The van der Waals surface area contributed by atoms with Crippen molar-refractivity contribution >= 4 is 84.5 Å². The summed E-state index contributed by atoms with van der Waals surface area (Å²) < 4.78 is 68.5. The van der Waals surface area contributed by atoms with Crippen LogP contribution in [0.4, 0.5) is 22.7 Å². The third kappa shape index (κ3) is 9.35. The van der Waals surface area contributed by atoms with Crippen LogP contribution in [0.15, 0.2) is 90.9 Å². The topological polar surface area (TPSA) is 314 Å². The van der Waals surface area contributed by atoms with E-state index in [4.69, 9.17) is 0 Å². The predicted octanol–water partition coefficient (Wildman–Crippen LogP) is 4.63. The van der Waals surface area contributed by atoms with Crippen molar-refractivity contribution in [2.24, 2.45) is 20.5 Å². The second-order valence-corrected chi connectivity index (χ2v) is 12.5. The number of aromatic carboxylic acids is 2. The Morgan fingerprint density at radius 3 is 1.20 bits per heavy atom. The second kappa shape index (κ2) is 15.1. The van der Waals surface area contributed by atoms with Gasteiger partial charge in [-0.05, 0) is 60.4 Å². The number of hydrogen-bond donors (Lipinski definition) is 8. The summed E-state index contributed by atoms with van der Waals surface area (Å²) >= 11 is 0. The van der Waals surface area contributed by atoms with Gasteiger partial charge in [-0.25, -0.2) is 9.59 Å². The summed E-state index contributed by atoms with van der Waals surface area (Å²) in [4.78, 5) is 21.6. The van der Waals surface area contributed by atoms with Gasteiger partial charge >= 0.3 is 11.9 Å². The number of azo groups is 2. The van der Waals surface area contributed by atoms with Crippen LogP contribution in [0.25, 0.3) is 0 Å². The van der Waals surface area contributed by atoms with Crippen LogP contribution in [0.1, 0.15) is 31.8 Å². The summed E-state index contributed by atoms with van der Waals surface area (Å²) in [6.45, 7) is 0. The fourth-order valence-electron chi connectivity index (χ4n) is 4.33. The van der Waals surface area contributed by atoms with E-state index in [9.17, 15) is 66.2 Å². The smallest absolute Gasteiger partial charge is 0.338 e. The molecule has 4 rings (SSSR count). The van der Waals surface area contributed by atoms with Crippen LogP contribution >= 0.6 is 0 Å². The molecule has 4 aromatic carbocycles. The molecule has 0 aromatic heterocycles. The van der Waals surface area contributed by atoms with Crippen LogP contribution in [-0.2, 0) is 33.1 Å². The number of carbonyl (C=O) groups is 2. The molecule has 0 atom stereocenters. The minimum absolute atomic E-state index is 0. The number of phenolic OH excluding ortho intramolecular Hbond substituents is 4. The number of aromatic hydroxyl groups is 4. The molecule has 0 saturated carbocycles. The van der Waals surface area contributed by atoms with Crippen molar-refractivity contribution in [3.63, 3.8) is 0 Å². The normalized spacial score (nSPS) is 11.9. The predicted molar refractivity (Wildman–Crippen MR) is 167 cm³/mol. The van der Waals surface area contributed by atoms with Crippen molar-refractivity contribution in [1.29, 1.82) is 0 Å². The van der Waals surface area contributed by atoms with Crippen LogP contribution < -0.4 is 0 Å². The van der Waals surface area contributed by atoms with Crippen LogP contribution in [0.2, 0.25) is 0 Å². The fourth-order valence-corrected chi connectivity index (χ4v) is 5.88. The number of benzene rings is 4. The molecule has 1 radical (unpaired) electrons. The minimum Gasteiger partial charge on any atom is -0.508 e. The van der Waals surface area contributed by atoms with E-state index in [2.05, 4.69) is 20.5 Å². The summed E-state index contributed by atoms with van der Waals surface area (Å²) in [5.74, 6) is -5.74. The van der Waals surface area contributed by atoms with Crippen LogP contribution in [0, 0.1) is 0 Å². The third-order valence-electron chi connectivity index (χ3n) is 6.46. The van der Waals surface area contributed by atoms with Gasteiger partial charge in [-0.3, -0.25) is 9.11 Å². The van der Waals surface area contributed by atoms with Gasteiger partial charge in [0.2, 0.25) is 0 Å². The summed E-state index contributed by atoms with van der Waals surface area (Å²) in [6, 6.07) is 9.82. The van der Waals surface area contributed by atoms with E-state index < -0.39 is 87.5 Å². The van der Waals surface area contributed by atoms with E-state index in [0.29, 0.717) is 0 Å². The summed E-state index contributed by atoms with van der Waals surface area (Å²) in [7, 11) is -9.85. The first-order valence-electron chi connectivity index (χ1n) is 13.0. The van der Waals surface area contributed by atoms with Gasteiger partial charge in [0.15, 0.2) is 0 Å². The van der Waals surface area contributed by atoms with Crippen LogP contribution in [0.3, 0.4) is 0 Å². The van der Waals surface area contributed by atoms with Crippen molar-refractivity contribution < 1.29 is 66.2 Å². The Balaban J connectivity index is 0.00000650. The number of carboxylic acid groups (broad SMARTS) is 2. The molecule has 0 heterocycles. The Hall–Kier alpha value is -4.96. The van der Waals surface area contributed by atoms with Gasteiger partial charge in [0.1, 0.15) is 34.4 Å². The van der Waals surface area contributed by atoms with Crippen molar-refractivity contribution in [2.45, 2.75) is 22.6 Å². The molecule has 0 aliphatic carbocycles. The average molecular weight is 726 g/mol. The third-order valence-corrected chi connectivity index (χ3v) is 8.33. The van der Waals surface area contributed by atoms with E-state index in [1.165, 1.54) is 24.3 Å². The number of carboxylic acids is 2. The second-order valence-electron chi connectivity index (χ2n) is 9.77. The molecule has 8 N–H and O–H groups in total. The molecule has 0 bridgehead atoms. The van der Waals surface area contributed by atoms with Gasteiger partial charge in [0.05, 0.1) is 32.3 Å². The van der Waals surface area contributed by atoms with Crippen LogP contribution in [-0.4, -0.2) is 98.1 Å². The molecule has 18 nitrogen and oxygen atoms in total. The van der Waals surface area contributed by atoms with Gasteiger partial charge in [0, 0.05) is 41.7 Å². The molecule has 4 aromatic rings. The first-order chi connectivity index (χ1) is 22.3. The van der Waals surface area contributed by atoms with Gasteiger partial charge in [-0.2, -0.15) is 27.1 Å². The molecular formula is C28H22N4NaO14S2. The van der Waals surface area contributed by atoms with Gasteiger partial charge in [0.25, 0.3) is 20.2 Å². The Labute approximate surface area is 298 Å². The Morgan fingerprint density at radius 2 is 0.898 bits per heavy atom. The zero-order valence-electron chi connectivity index (χ0n) is 24.8. The maximum atomic E-state index is 12.2. The molecule has 0 aliphatic rings. The fraction of sp³-hybridized carbons (Fsp3) is 0.0714. The molecule has 0 amide bonds. The Bertz CT molecular complexity index is 2100. The number of aryl methyl sites for hydroxylation is 2. The van der Waals surface area contributed by atoms with Crippen molar-refractivity contribution in [2.75, 3.05) is 0 Å². The first-order valence-corrected chi connectivity index (χ1v) is 15.9. The molecule has 0 aliphatic heterocycles. The molecule has 21 heteroatoms. The van der Waals surface area contributed by atoms with Crippen molar-refractivity contribution in [3.8, 4) is 23.0 Å². The largest absolute Gasteiger partial charge is 0.508 e. The minimum atomic E-state index is -4.92. The summed E-state index contributed by atoms with van der Waals surface area (Å²) in [5.41, 5.74) is -2.85. The standard InChI is InChI=1S/C28H22N4O14S2.Na/c33-17-9-19(27(37)38)25(21(35)11-17)31-29-15-5-3-13(23(7-15)47(41,42)43)1-2-14-4-6-16(8-24(14)48(44,45)46)30-32-26-20(28(39)40)10-18(34)12-22(26)36;/h3-12,33-36H,1-2H2,(H,37,38)(H,39,40)(H,41,42,43)(H,44,45,46);. The van der Waals surface area contributed by atoms with Crippen LogP contribution in [0.5, 0.6) is 23.0 Å². The maximum Gasteiger partial charge on any atom is 0.338 e. The number of hydrogen-bond acceptors (Lipinski definition) is 14. The molecule has 251 valence electrons. The Morgan fingerprint density at radius 1 is 0.551 bits per heavy atom. The zero-order valence-corrected chi connectivity index (χ0v) is 28.5. The molecule has 49 heavy (non-hydrogen) atoms. The Kier molecular flexibility index (Phi) is 11.8. The van der Waals surface area contributed by atoms with E-state index in [-0.39, 0.29) is 64.9 Å². The van der Waals surface area contributed by atoms with E-state index in [1.807, 2.05) is 0 Å². The molecule has 0 fully saturated rings. The molecule has 0 unspecified atom stereocenters. The summed E-state index contributed by atoms with van der Waals surface area (Å²) in [6.07, 6.45) is -0.470. The van der Waals surface area contributed by atoms with Gasteiger partial charge in [-0.1, -0.05) is 12.1 Å². The van der Waals surface area contributed by atoms with E-state index in [0.717, 1.165) is 36.4 Å². The van der Waals surface area contributed by atoms with E-state index >= 15 is 0 Å². The average Bonchev–Trinajstić information content (AvgIpc) is 2.97. The maximum absolute atomic E-state index is 12.2. The first kappa shape index (κ1) is 38.5. The number of nitrogens with zero attached hydrogens (tertiary/aromatic N) is 4. The van der Waals surface area contributed by atoms with Crippen molar-refractivity contribution in [1.82, 2.24) is 0 Å². The van der Waals surface area contributed by atoms with Crippen molar-refractivity contribution in [3.05, 3.63) is 82.9 Å². The molecular weight excluding hydrogens is 703 g/mol. The quantitative estimate of drug-likeness (QED) is 0.0594. The van der Waals surface area contributed by atoms with Gasteiger partial charge in [-0.15, -0.1) is 10.2 Å². The molecule has 0 spiro atoms. The number of phenols is 4. The SMILES string of the molecule is O=C(O)c1cc(O)cc(O)c1N=Nc1ccc(CCc2ccc(N=Nc3c(O)cc(O)cc3C(=O)O)cc2S(=O)(=O)O)c(S(=O)(=O)O)c1.[Na].